The second kappa shape index (κ2) is 11.6. The van der Waals surface area contributed by atoms with E-state index in [0.29, 0.717) is 5.02 Å². The lowest BCUT2D eigenvalue weighted by Gasteiger charge is -2.25. The van der Waals surface area contributed by atoms with E-state index in [-0.39, 0.29) is 33.8 Å². The van der Waals surface area contributed by atoms with E-state index in [1.807, 2.05) is 20.8 Å². The Morgan fingerprint density at radius 1 is 1.00 bits per heavy atom. The van der Waals surface area contributed by atoms with Crippen LogP contribution >= 0.6 is 11.6 Å². The van der Waals surface area contributed by atoms with Crippen LogP contribution in [0.4, 0.5) is 11.4 Å². The third kappa shape index (κ3) is 6.44. The third-order valence-electron chi connectivity index (χ3n) is 5.78. The Bertz CT molecular complexity index is 1360. The van der Waals surface area contributed by atoms with E-state index in [1.54, 1.807) is 55.5 Å². The van der Waals surface area contributed by atoms with Gasteiger partial charge in [-0.1, -0.05) is 54.4 Å². The monoisotopic (exact) mass is 527 g/mol. The zero-order chi connectivity index (χ0) is 26.5. The zero-order valence-electron chi connectivity index (χ0n) is 20.7. The number of aryl methyl sites for hydroxylation is 2. The van der Waals surface area contributed by atoms with Crippen molar-refractivity contribution in [3.05, 3.63) is 88.4 Å². The molecule has 0 aliphatic rings. The summed E-state index contributed by atoms with van der Waals surface area (Å²) in [5, 5.41) is 5.96. The predicted molar refractivity (Wildman–Crippen MR) is 144 cm³/mol. The molecular formula is C27H30ClN3O4S. The van der Waals surface area contributed by atoms with Crippen LogP contribution in [0.5, 0.6) is 0 Å². The normalized spacial score (nSPS) is 12.0. The average Bonchev–Trinajstić information content (AvgIpc) is 2.84. The van der Waals surface area contributed by atoms with Crippen molar-refractivity contribution in [3.63, 3.8) is 0 Å². The molecule has 3 aromatic rings. The van der Waals surface area contributed by atoms with Gasteiger partial charge in [-0.05, 0) is 69.2 Å². The van der Waals surface area contributed by atoms with Gasteiger partial charge in [0.05, 0.1) is 21.8 Å². The Hall–Kier alpha value is -3.36. The van der Waals surface area contributed by atoms with Crippen molar-refractivity contribution in [1.29, 1.82) is 0 Å². The molecular weight excluding hydrogens is 498 g/mol. The molecule has 0 fully saturated rings. The number of hydrogen-bond donors (Lipinski definition) is 2. The highest BCUT2D eigenvalue weighted by molar-refractivity contribution is 7.92. The standard InChI is InChI=1S/C27H30ClN3O4S/c1-5-20(4)29-27(33)23-8-6-7-9-25(23)30-26(32)17-31(21-13-12-19(3)24(28)16-21)36(34,35)22-14-10-18(2)11-15-22/h6-16,20H,5,17H2,1-4H3,(H,29,33)(H,30,32)/t20-/m0/s1. The fraction of sp³-hybridized carbons (Fsp3) is 0.259. The zero-order valence-corrected chi connectivity index (χ0v) is 22.3. The number of carbonyl (C=O) groups excluding carboxylic acids is 2. The first-order valence-electron chi connectivity index (χ1n) is 11.6. The summed E-state index contributed by atoms with van der Waals surface area (Å²) in [4.78, 5) is 25.9. The molecule has 0 aromatic heterocycles. The molecule has 2 N–H and O–H groups in total. The lowest BCUT2D eigenvalue weighted by atomic mass is 10.1. The summed E-state index contributed by atoms with van der Waals surface area (Å²) < 4.78 is 28.2. The van der Waals surface area contributed by atoms with Gasteiger partial charge in [-0.2, -0.15) is 0 Å². The van der Waals surface area contributed by atoms with Crippen molar-refractivity contribution < 1.29 is 18.0 Å². The smallest absolute Gasteiger partial charge is 0.264 e. The maximum Gasteiger partial charge on any atom is 0.264 e. The maximum absolute atomic E-state index is 13.6. The van der Waals surface area contributed by atoms with Gasteiger partial charge in [-0.15, -0.1) is 0 Å². The highest BCUT2D eigenvalue weighted by atomic mass is 35.5. The van der Waals surface area contributed by atoms with Crippen molar-refractivity contribution >= 4 is 44.8 Å². The van der Waals surface area contributed by atoms with Gasteiger partial charge in [0.1, 0.15) is 6.54 Å². The van der Waals surface area contributed by atoms with Crippen molar-refractivity contribution in [2.24, 2.45) is 0 Å². The molecule has 0 saturated heterocycles. The number of hydrogen-bond acceptors (Lipinski definition) is 4. The highest BCUT2D eigenvalue weighted by Gasteiger charge is 2.28. The van der Waals surface area contributed by atoms with Crippen LogP contribution in [0.3, 0.4) is 0 Å². The van der Waals surface area contributed by atoms with Crippen LogP contribution in [0.1, 0.15) is 41.8 Å². The molecule has 190 valence electrons. The summed E-state index contributed by atoms with van der Waals surface area (Å²) in [5.41, 5.74) is 2.52. The molecule has 3 rings (SSSR count). The Kier molecular flexibility index (Phi) is 8.76. The number of sulfonamides is 1. The SMILES string of the molecule is CC[C@H](C)NC(=O)c1ccccc1NC(=O)CN(c1ccc(C)c(Cl)c1)S(=O)(=O)c1ccc(C)cc1. The van der Waals surface area contributed by atoms with E-state index < -0.39 is 22.5 Å². The molecule has 0 heterocycles. The molecule has 36 heavy (non-hydrogen) atoms. The van der Waals surface area contributed by atoms with Gasteiger partial charge in [0, 0.05) is 11.1 Å². The Labute approximate surface area is 217 Å². The summed E-state index contributed by atoms with van der Waals surface area (Å²) in [5.74, 6) is -0.930. The third-order valence-corrected chi connectivity index (χ3v) is 7.97. The average molecular weight is 528 g/mol. The summed E-state index contributed by atoms with van der Waals surface area (Å²) in [7, 11) is -4.10. The molecule has 0 unspecified atom stereocenters. The molecule has 0 radical (unpaired) electrons. The Morgan fingerprint density at radius 2 is 1.67 bits per heavy atom. The molecule has 9 heteroatoms. The molecule has 7 nitrogen and oxygen atoms in total. The van der Waals surface area contributed by atoms with Gasteiger partial charge >= 0.3 is 0 Å². The molecule has 0 saturated carbocycles. The van der Waals surface area contributed by atoms with Crippen LogP contribution in [-0.4, -0.2) is 32.8 Å². The minimum atomic E-state index is -4.10. The summed E-state index contributed by atoms with van der Waals surface area (Å²) in [6.45, 7) is 6.99. The second-order valence-electron chi connectivity index (χ2n) is 8.63. The van der Waals surface area contributed by atoms with Gasteiger partial charge in [0.15, 0.2) is 0 Å². The lowest BCUT2D eigenvalue weighted by Crippen LogP contribution is -2.38. The number of para-hydroxylation sites is 1. The number of benzene rings is 3. The number of nitrogens with zero attached hydrogens (tertiary/aromatic N) is 1. The molecule has 3 aromatic carbocycles. The number of rotatable bonds is 9. The maximum atomic E-state index is 13.6. The van der Waals surface area contributed by atoms with Gasteiger partial charge in [-0.3, -0.25) is 13.9 Å². The van der Waals surface area contributed by atoms with E-state index in [2.05, 4.69) is 10.6 Å². The molecule has 2 amide bonds. The van der Waals surface area contributed by atoms with Crippen molar-refractivity contribution in [3.8, 4) is 0 Å². The first-order chi connectivity index (χ1) is 17.0. The highest BCUT2D eigenvalue weighted by Crippen LogP contribution is 2.28. The van der Waals surface area contributed by atoms with E-state index in [0.717, 1.165) is 21.9 Å². The van der Waals surface area contributed by atoms with E-state index >= 15 is 0 Å². The Balaban J connectivity index is 1.94. The van der Waals surface area contributed by atoms with Crippen LogP contribution in [-0.2, 0) is 14.8 Å². The van der Waals surface area contributed by atoms with Crippen LogP contribution in [0.2, 0.25) is 5.02 Å². The minimum Gasteiger partial charge on any atom is -0.350 e. The topological polar surface area (TPSA) is 95.6 Å². The van der Waals surface area contributed by atoms with Crippen molar-refractivity contribution in [2.75, 3.05) is 16.2 Å². The summed E-state index contributed by atoms with van der Waals surface area (Å²) in [6, 6.07) is 17.8. The van der Waals surface area contributed by atoms with Crippen LogP contribution < -0.4 is 14.9 Å². The van der Waals surface area contributed by atoms with E-state index in [9.17, 15) is 18.0 Å². The molecule has 0 aliphatic carbocycles. The van der Waals surface area contributed by atoms with Gasteiger partial charge in [-0.25, -0.2) is 8.42 Å². The Morgan fingerprint density at radius 3 is 2.31 bits per heavy atom. The van der Waals surface area contributed by atoms with Gasteiger partial charge in [0.25, 0.3) is 15.9 Å². The summed E-state index contributed by atoms with van der Waals surface area (Å²) >= 11 is 6.28. The largest absolute Gasteiger partial charge is 0.350 e. The first kappa shape index (κ1) is 27.2. The van der Waals surface area contributed by atoms with Gasteiger partial charge in [0.2, 0.25) is 5.91 Å². The van der Waals surface area contributed by atoms with Crippen LogP contribution in [0, 0.1) is 13.8 Å². The van der Waals surface area contributed by atoms with Crippen molar-refractivity contribution in [1.82, 2.24) is 5.32 Å². The van der Waals surface area contributed by atoms with E-state index in [4.69, 9.17) is 11.6 Å². The number of nitrogens with one attached hydrogen (secondary N) is 2. The number of anilines is 2. The molecule has 0 spiro atoms. The number of carbonyl (C=O) groups is 2. The van der Waals surface area contributed by atoms with Crippen molar-refractivity contribution in [2.45, 2.75) is 45.1 Å². The van der Waals surface area contributed by atoms with Crippen LogP contribution in [0.15, 0.2) is 71.6 Å². The first-order valence-corrected chi connectivity index (χ1v) is 13.4. The molecule has 0 bridgehead atoms. The predicted octanol–water partition coefficient (Wildman–Crippen LogP) is 5.32. The number of amides is 2. The quantitative estimate of drug-likeness (QED) is 0.393. The van der Waals surface area contributed by atoms with E-state index in [1.165, 1.54) is 18.2 Å². The van der Waals surface area contributed by atoms with Crippen LogP contribution in [0.25, 0.3) is 0 Å². The molecule has 1 atom stereocenters. The number of halogens is 1. The minimum absolute atomic E-state index is 0.0392. The second-order valence-corrected chi connectivity index (χ2v) is 10.9. The van der Waals surface area contributed by atoms with Gasteiger partial charge < -0.3 is 10.6 Å². The molecule has 0 aliphatic heterocycles. The lowest BCUT2D eigenvalue weighted by molar-refractivity contribution is -0.114. The fourth-order valence-electron chi connectivity index (χ4n) is 3.40. The fourth-order valence-corrected chi connectivity index (χ4v) is 4.99. The summed E-state index contributed by atoms with van der Waals surface area (Å²) in [6.07, 6.45) is 0.755.